The van der Waals surface area contributed by atoms with Gasteiger partial charge in [0.1, 0.15) is 0 Å². The van der Waals surface area contributed by atoms with E-state index in [-0.39, 0.29) is 5.91 Å². The number of carbonyl (C=O) groups excluding carboxylic acids is 2. The van der Waals surface area contributed by atoms with Gasteiger partial charge in [-0.2, -0.15) is 0 Å². The molecule has 31 heavy (non-hydrogen) atoms. The number of primary amides is 1. The summed E-state index contributed by atoms with van der Waals surface area (Å²) in [6.45, 7) is 5.30. The van der Waals surface area contributed by atoms with E-state index in [0.717, 1.165) is 18.8 Å². The molecule has 0 aromatic rings. The summed E-state index contributed by atoms with van der Waals surface area (Å²) in [5.74, 6) is 1.13. The van der Waals surface area contributed by atoms with Crippen LogP contribution in [0, 0.1) is 5.92 Å². The summed E-state index contributed by atoms with van der Waals surface area (Å²) in [6, 6.07) is -1.20. The van der Waals surface area contributed by atoms with Crippen LogP contribution < -0.4 is 22.5 Å². The molecule has 0 fully saturated rings. The minimum atomic E-state index is -0.660. The van der Waals surface area contributed by atoms with Crippen molar-refractivity contribution in [1.29, 1.82) is 0 Å². The molecular formula is C23H48N4O2S2. The Balaban J connectivity index is 3.35. The molecule has 2 unspecified atom stereocenters. The monoisotopic (exact) mass is 476 g/mol. The summed E-state index contributed by atoms with van der Waals surface area (Å²) in [5, 5.41) is 2.91. The van der Waals surface area contributed by atoms with E-state index in [2.05, 4.69) is 19.2 Å². The van der Waals surface area contributed by atoms with Crippen molar-refractivity contribution in [2.24, 2.45) is 23.1 Å². The summed E-state index contributed by atoms with van der Waals surface area (Å²) < 4.78 is 0. The zero-order valence-electron chi connectivity index (χ0n) is 19.9. The summed E-state index contributed by atoms with van der Waals surface area (Å²) in [5.41, 5.74) is 16.5. The number of nitrogens with one attached hydrogen (secondary N) is 1. The van der Waals surface area contributed by atoms with E-state index in [9.17, 15) is 9.59 Å². The fraction of sp³-hybridized carbons (Fsp3) is 0.913. The van der Waals surface area contributed by atoms with Crippen molar-refractivity contribution in [1.82, 2.24) is 5.32 Å². The average Bonchev–Trinajstić information content (AvgIpc) is 2.72. The lowest BCUT2D eigenvalue weighted by atomic mass is 10.0. The molecule has 0 aliphatic heterocycles. The van der Waals surface area contributed by atoms with Crippen LogP contribution in [0.15, 0.2) is 0 Å². The first kappa shape index (κ1) is 30.6. The van der Waals surface area contributed by atoms with Crippen LogP contribution in [0.1, 0.15) is 97.3 Å². The van der Waals surface area contributed by atoms with E-state index in [1.165, 1.54) is 92.2 Å². The Morgan fingerprint density at radius 2 is 1.13 bits per heavy atom. The molecule has 0 radical (unpaired) electrons. The second-order valence-corrected chi connectivity index (χ2v) is 11.5. The molecule has 0 bridgehead atoms. The number of hydrogen-bond donors (Lipinski definition) is 4. The van der Waals surface area contributed by atoms with Crippen molar-refractivity contribution in [3.8, 4) is 0 Å². The van der Waals surface area contributed by atoms with Gasteiger partial charge in [-0.15, -0.1) is 0 Å². The Hall–Kier alpha value is -0.440. The maximum Gasteiger partial charge on any atom is 0.237 e. The predicted molar refractivity (Wildman–Crippen MR) is 138 cm³/mol. The highest BCUT2D eigenvalue weighted by Crippen LogP contribution is 2.22. The van der Waals surface area contributed by atoms with E-state index < -0.39 is 18.0 Å². The fourth-order valence-corrected chi connectivity index (χ4v) is 5.45. The molecule has 0 saturated heterocycles. The second-order valence-electron chi connectivity index (χ2n) is 8.90. The predicted octanol–water partition coefficient (Wildman–Crippen LogP) is 4.35. The Bertz CT molecular complexity index is 453. The number of carbonyl (C=O) groups is 2. The lowest BCUT2D eigenvalue weighted by Crippen LogP contribution is -2.42. The van der Waals surface area contributed by atoms with Crippen molar-refractivity contribution in [3.63, 3.8) is 0 Å². The third kappa shape index (κ3) is 21.2. The molecule has 0 aromatic carbocycles. The fourth-order valence-electron chi connectivity index (χ4n) is 3.19. The van der Waals surface area contributed by atoms with Crippen LogP contribution in [0.25, 0.3) is 0 Å². The van der Waals surface area contributed by atoms with Crippen LogP contribution in [0.5, 0.6) is 0 Å². The first-order chi connectivity index (χ1) is 14.8. The van der Waals surface area contributed by atoms with Gasteiger partial charge in [0.2, 0.25) is 11.8 Å². The third-order valence-corrected chi connectivity index (χ3v) is 7.76. The molecule has 2 atom stereocenters. The van der Waals surface area contributed by atoms with Gasteiger partial charge in [0.05, 0.1) is 12.1 Å². The standard InChI is InChI=1S/C23H48N4O2S2/c1-19(2)15-13-11-9-7-5-3-4-6-8-10-12-14-16-27-23(29)21(25)18-31-30-17-20(24)22(26)28/h19-21H,3-18,24-25H2,1-2H3,(H2,26,28)(H,27,29). The van der Waals surface area contributed by atoms with Crippen molar-refractivity contribution in [2.45, 2.75) is 109 Å². The summed E-state index contributed by atoms with van der Waals surface area (Å²) in [7, 11) is 2.86. The molecular weight excluding hydrogens is 428 g/mol. The summed E-state index contributed by atoms with van der Waals surface area (Å²) >= 11 is 0. The van der Waals surface area contributed by atoms with E-state index in [1.807, 2.05) is 0 Å². The number of nitrogens with two attached hydrogens (primary N) is 3. The van der Waals surface area contributed by atoms with Gasteiger partial charge >= 0.3 is 0 Å². The van der Waals surface area contributed by atoms with Gasteiger partial charge < -0.3 is 22.5 Å². The number of unbranched alkanes of at least 4 members (excludes halogenated alkanes) is 11. The number of rotatable bonds is 22. The molecule has 0 heterocycles. The van der Waals surface area contributed by atoms with E-state index >= 15 is 0 Å². The Morgan fingerprint density at radius 3 is 1.58 bits per heavy atom. The minimum absolute atomic E-state index is 0.114. The number of amides is 2. The average molecular weight is 477 g/mol. The van der Waals surface area contributed by atoms with Gasteiger partial charge in [0, 0.05) is 18.1 Å². The van der Waals surface area contributed by atoms with Crippen molar-refractivity contribution >= 4 is 33.4 Å². The van der Waals surface area contributed by atoms with Crippen LogP contribution in [0.4, 0.5) is 0 Å². The van der Waals surface area contributed by atoms with Crippen LogP contribution >= 0.6 is 21.6 Å². The quantitative estimate of drug-likeness (QED) is 0.136. The molecule has 6 nitrogen and oxygen atoms in total. The normalized spacial score (nSPS) is 13.3. The molecule has 0 aromatic heterocycles. The topological polar surface area (TPSA) is 124 Å². The van der Waals surface area contributed by atoms with Crippen LogP contribution in [0.2, 0.25) is 0 Å². The maximum absolute atomic E-state index is 12.0. The van der Waals surface area contributed by atoms with Crippen LogP contribution in [0.3, 0.4) is 0 Å². The molecule has 8 heteroatoms. The van der Waals surface area contributed by atoms with E-state index in [0.29, 0.717) is 18.1 Å². The molecule has 0 aliphatic carbocycles. The molecule has 0 saturated carbocycles. The SMILES string of the molecule is CC(C)CCCCCCCCCCCCCCNC(=O)C(N)CSSCC(N)C(N)=O. The van der Waals surface area contributed by atoms with Gasteiger partial charge in [-0.3, -0.25) is 9.59 Å². The van der Waals surface area contributed by atoms with Crippen LogP contribution in [-0.4, -0.2) is 41.9 Å². The van der Waals surface area contributed by atoms with Crippen molar-refractivity contribution in [3.05, 3.63) is 0 Å². The molecule has 0 spiro atoms. The molecule has 2 amide bonds. The highest BCUT2D eigenvalue weighted by molar-refractivity contribution is 8.76. The zero-order chi connectivity index (χ0) is 23.3. The van der Waals surface area contributed by atoms with E-state index in [1.54, 1.807) is 0 Å². The largest absolute Gasteiger partial charge is 0.368 e. The van der Waals surface area contributed by atoms with Gasteiger partial charge in [-0.05, 0) is 12.3 Å². The maximum atomic E-state index is 12.0. The highest BCUT2D eigenvalue weighted by atomic mass is 33.1. The number of hydrogen-bond acceptors (Lipinski definition) is 6. The Labute approximate surface area is 198 Å². The van der Waals surface area contributed by atoms with Gasteiger partial charge in [-0.1, -0.05) is 112 Å². The lowest BCUT2D eigenvalue weighted by Gasteiger charge is -2.12. The minimum Gasteiger partial charge on any atom is -0.368 e. The van der Waals surface area contributed by atoms with Crippen molar-refractivity contribution < 1.29 is 9.59 Å². The van der Waals surface area contributed by atoms with Crippen LogP contribution in [-0.2, 0) is 9.59 Å². The second kappa shape index (κ2) is 21.4. The summed E-state index contributed by atoms with van der Waals surface area (Å²) in [4.78, 5) is 22.8. The zero-order valence-corrected chi connectivity index (χ0v) is 21.5. The molecule has 184 valence electrons. The van der Waals surface area contributed by atoms with Crippen molar-refractivity contribution in [2.75, 3.05) is 18.1 Å². The smallest absolute Gasteiger partial charge is 0.237 e. The first-order valence-electron chi connectivity index (χ1n) is 12.2. The van der Waals surface area contributed by atoms with Gasteiger partial charge in [0.15, 0.2) is 0 Å². The Kier molecular flexibility index (Phi) is 21.1. The first-order valence-corrected chi connectivity index (χ1v) is 14.7. The van der Waals surface area contributed by atoms with Gasteiger partial charge in [0.25, 0.3) is 0 Å². The van der Waals surface area contributed by atoms with E-state index in [4.69, 9.17) is 17.2 Å². The molecule has 0 aliphatic rings. The highest BCUT2D eigenvalue weighted by Gasteiger charge is 2.14. The Morgan fingerprint density at radius 1 is 0.710 bits per heavy atom. The summed E-state index contributed by atoms with van der Waals surface area (Å²) in [6.07, 6.45) is 17.1. The molecule has 7 N–H and O–H groups in total. The molecule has 0 rings (SSSR count). The third-order valence-electron chi connectivity index (χ3n) is 5.29. The van der Waals surface area contributed by atoms with Gasteiger partial charge in [-0.25, -0.2) is 0 Å². The lowest BCUT2D eigenvalue weighted by molar-refractivity contribution is -0.122.